The second-order valence-corrected chi connectivity index (χ2v) is 7.37. The van der Waals surface area contributed by atoms with Crippen LogP contribution in [0.3, 0.4) is 0 Å². The number of ether oxygens (including phenoxy) is 1. The second-order valence-electron chi connectivity index (χ2n) is 5.98. The minimum atomic E-state index is -4.56. The van der Waals surface area contributed by atoms with Crippen LogP contribution >= 0.6 is 0 Å². The molecular formula is C19H23NaO5S. The predicted octanol–water partition coefficient (Wildman–Crippen LogP) is 1.32. The summed E-state index contributed by atoms with van der Waals surface area (Å²) in [6, 6.07) is 11.1. The molecule has 0 fully saturated rings. The van der Waals surface area contributed by atoms with Gasteiger partial charge in [-0.25, -0.2) is 0 Å². The molecule has 0 amide bonds. The van der Waals surface area contributed by atoms with Crippen molar-refractivity contribution >= 4 is 10.1 Å². The Bertz CT molecular complexity index is 791. The molecule has 2 aromatic rings. The molecule has 26 heavy (non-hydrogen) atoms. The van der Waals surface area contributed by atoms with Crippen molar-refractivity contribution < 1.29 is 52.4 Å². The molecule has 0 heterocycles. The smallest absolute Gasteiger partial charge is 0.870 e. The Morgan fingerprint density at radius 2 is 1.69 bits per heavy atom. The fourth-order valence-corrected chi connectivity index (χ4v) is 3.28. The van der Waals surface area contributed by atoms with Crippen LogP contribution in [0, 0.1) is 0 Å². The first-order chi connectivity index (χ1) is 11.9. The van der Waals surface area contributed by atoms with Gasteiger partial charge in [0.05, 0.1) is 0 Å². The summed E-state index contributed by atoms with van der Waals surface area (Å²) in [4.78, 5) is -0.479. The molecule has 0 aliphatic heterocycles. The van der Waals surface area contributed by atoms with E-state index < -0.39 is 20.8 Å². The maximum Gasteiger partial charge on any atom is 1.00 e. The number of benzene rings is 2. The summed E-state index contributed by atoms with van der Waals surface area (Å²) in [6.07, 6.45) is 5.89. The van der Waals surface area contributed by atoms with Crippen molar-refractivity contribution in [1.82, 2.24) is 0 Å². The van der Waals surface area contributed by atoms with Gasteiger partial charge in [-0.05, 0) is 36.6 Å². The Hall–Kier alpha value is -1.05. The number of hydrogen-bond acceptors (Lipinski definition) is 4. The van der Waals surface area contributed by atoms with E-state index in [1.165, 1.54) is 12.1 Å². The van der Waals surface area contributed by atoms with Crippen LogP contribution in [0.25, 0.3) is 0 Å². The topological polar surface area (TPSA) is 86.7 Å². The quantitative estimate of drug-likeness (QED) is 0.399. The van der Waals surface area contributed by atoms with Gasteiger partial charge in [0, 0.05) is 0 Å². The van der Waals surface area contributed by atoms with Gasteiger partial charge >= 0.3 is 29.6 Å². The van der Waals surface area contributed by atoms with Gasteiger partial charge in [0.15, 0.2) is 0 Å². The molecule has 2 aromatic carbocycles. The number of unbranched alkanes of at least 4 members (excludes halogenated alkanes) is 4. The zero-order valence-electron chi connectivity index (χ0n) is 15.3. The van der Waals surface area contributed by atoms with Crippen LogP contribution in [0.5, 0.6) is 17.2 Å². The zero-order valence-corrected chi connectivity index (χ0v) is 18.1. The molecular weight excluding hydrogens is 363 g/mol. The molecule has 0 saturated carbocycles. The van der Waals surface area contributed by atoms with Gasteiger partial charge < -0.3 is 9.84 Å². The molecule has 0 saturated heterocycles. The molecule has 7 heteroatoms. The van der Waals surface area contributed by atoms with E-state index in [0.29, 0.717) is 17.7 Å². The first-order valence-corrected chi connectivity index (χ1v) is 9.90. The van der Waals surface area contributed by atoms with Gasteiger partial charge in [0.2, 0.25) is 0 Å². The Kier molecular flexibility index (Phi) is 9.68. The summed E-state index contributed by atoms with van der Waals surface area (Å²) in [7, 11) is -4.56. The zero-order chi connectivity index (χ0) is 18.3. The van der Waals surface area contributed by atoms with Crippen LogP contribution in [0.1, 0.15) is 44.6 Å². The third kappa shape index (κ3) is 6.93. The van der Waals surface area contributed by atoms with Crippen LogP contribution in [-0.4, -0.2) is 13.0 Å². The van der Waals surface area contributed by atoms with Crippen LogP contribution in [0.15, 0.2) is 47.4 Å². The van der Waals surface area contributed by atoms with Crippen molar-refractivity contribution in [1.29, 1.82) is 0 Å². The maximum absolute atomic E-state index is 12.3. The van der Waals surface area contributed by atoms with E-state index in [9.17, 15) is 18.1 Å². The summed E-state index contributed by atoms with van der Waals surface area (Å²) in [6.45, 7) is 2.13. The molecule has 2 rings (SSSR count). The van der Waals surface area contributed by atoms with Gasteiger partial charge in [0.1, 0.15) is 16.4 Å². The van der Waals surface area contributed by atoms with Crippen LogP contribution < -0.4 is 39.4 Å². The molecule has 0 aliphatic carbocycles. The van der Waals surface area contributed by atoms with Crippen LogP contribution in [-0.2, 0) is 16.5 Å². The van der Waals surface area contributed by atoms with E-state index in [2.05, 4.69) is 6.92 Å². The third-order valence-corrected chi connectivity index (χ3v) is 4.75. The first-order valence-electron chi connectivity index (χ1n) is 8.46. The van der Waals surface area contributed by atoms with Crippen LogP contribution in [0.2, 0.25) is 0 Å². The van der Waals surface area contributed by atoms with Crippen molar-refractivity contribution in [2.45, 2.75) is 50.3 Å². The van der Waals surface area contributed by atoms with Crippen molar-refractivity contribution in [2.24, 2.45) is 0 Å². The fraction of sp³-hybridized carbons (Fsp3) is 0.368. The Labute approximate surface area is 177 Å². The third-order valence-electron chi connectivity index (χ3n) is 3.89. The monoisotopic (exact) mass is 386 g/mol. The largest absolute Gasteiger partial charge is 1.00 e. The van der Waals surface area contributed by atoms with E-state index >= 15 is 0 Å². The number of hydrogen-bond donors (Lipinski definition) is 1. The molecule has 0 atom stereocenters. The Balaban J connectivity index is 0.00000338. The molecule has 0 bridgehead atoms. The second kappa shape index (κ2) is 10.9. The molecule has 0 spiro atoms. The standard InChI is InChI=1S/C19H24O5S.Na/c1-2-3-4-5-7-10-15-13-17(20)19(18(14-15)25(21,22)23)24-16-11-8-6-9-12-16;/h6,8-9,11-14,20H,2-5,7,10H2,1H3,(H,21,22,23);/q;+1/p-1. The van der Waals surface area contributed by atoms with Gasteiger partial charge in [-0.2, -0.15) is 8.42 Å². The molecule has 1 N–H and O–H groups in total. The van der Waals surface area contributed by atoms with Gasteiger partial charge in [-0.15, -0.1) is 0 Å². The molecule has 0 aromatic heterocycles. The molecule has 0 aliphatic rings. The molecule has 136 valence electrons. The van der Waals surface area contributed by atoms with Crippen molar-refractivity contribution in [3.05, 3.63) is 48.0 Å². The summed E-state index contributed by atoms with van der Waals surface area (Å²) in [5, 5.41) is 12.3. The number of para-hydroxylation sites is 1. The summed E-state index contributed by atoms with van der Waals surface area (Å²) in [5.41, 5.74) is 0.592. The van der Waals surface area contributed by atoms with E-state index in [4.69, 9.17) is 4.74 Å². The average Bonchev–Trinajstić information content (AvgIpc) is 2.56. The van der Waals surface area contributed by atoms with E-state index in [1.54, 1.807) is 30.3 Å². The minimum absolute atomic E-state index is 0. The van der Waals surface area contributed by atoms with E-state index in [0.717, 1.165) is 32.1 Å². The Morgan fingerprint density at radius 1 is 1.04 bits per heavy atom. The van der Waals surface area contributed by atoms with Gasteiger partial charge in [0.25, 0.3) is 10.1 Å². The SMILES string of the molecule is CCCCCCCc1cc([O-])c(Oc2ccccc2)c(S(=O)(=O)O)c1.[Na+]. The summed E-state index contributed by atoms with van der Waals surface area (Å²) >= 11 is 0. The molecule has 5 nitrogen and oxygen atoms in total. The summed E-state index contributed by atoms with van der Waals surface area (Å²) < 4.78 is 38.3. The number of rotatable bonds is 9. The molecule has 0 radical (unpaired) electrons. The average molecular weight is 386 g/mol. The van der Waals surface area contributed by atoms with Gasteiger partial charge in [-0.3, -0.25) is 4.55 Å². The van der Waals surface area contributed by atoms with Crippen molar-refractivity contribution in [3.63, 3.8) is 0 Å². The van der Waals surface area contributed by atoms with Crippen molar-refractivity contribution in [2.75, 3.05) is 0 Å². The first kappa shape index (κ1) is 23.0. The van der Waals surface area contributed by atoms with E-state index in [1.807, 2.05) is 0 Å². The molecule has 0 unspecified atom stereocenters. The predicted molar refractivity (Wildman–Crippen MR) is 94.7 cm³/mol. The maximum atomic E-state index is 12.3. The number of aryl methyl sites for hydroxylation is 1. The minimum Gasteiger partial charge on any atom is -0.870 e. The fourth-order valence-electron chi connectivity index (χ4n) is 2.61. The summed E-state index contributed by atoms with van der Waals surface area (Å²) in [5.74, 6) is -0.595. The van der Waals surface area contributed by atoms with Crippen molar-refractivity contribution in [3.8, 4) is 17.2 Å². The van der Waals surface area contributed by atoms with Crippen LogP contribution in [0.4, 0.5) is 0 Å². The van der Waals surface area contributed by atoms with Gasteiger partial charge in [-0.1, -0.05) is 62.6 Å². The Morgan fingerprint density at radius 3 is 2.31 bits per heavy atom. The van der Waals surface area contributed by atoms with E-state index in [-0.39, 0.29) is 35.3 Å². The normalized spacial score (nSPS) is 11.0.